The number of rotatable bonds is 2. The molecule has 1 aromatic rings. The Morgan fingerprint density at radius 1 is 1.05 bits per heavy atom. The summed E-state index contributed by atoms with van der Waals surface area (Å²) in [6, 6.07) is 9.30. The van der Waals surface area contributed by atoms with E-state index in [1.807, 2.05) is 0 Å². The van der Waals surface area contributed by atoms with Gasteiger partial charge in [0, 0.05) is 12.0 Å². The number of fused-ring (bicyclic) bond motifs is 1. The lowest BCUT2D eigenvalue weighted by molar-refractivity contribution is 0.443. The van der Waals surface area contributed by atoms with E-state index in [0.29, 0.717) is 0 Å². The molecule has 112 valence electrons. The lowest BCUT2D eigenvalue weighted by Crippen LogP contribution is -2.19. The Kier molecular flexibility index (Phi) is 4.75. The highest BCUT2D eigenvalue weighted by atomic mass is 79.9. The van der Waals surface area contributed by atoms with Gasteiger partial charge in [-0.05, 0) is 29.9 Å². The lowest BCUT2D eigenvalue weighted by Gasteiger charge is -2.22. The molecule has 21 heavy (non-hydrogen) atoms. The number of amidine groups is 1. The van der Waals surface area contributed by atoms with Crippen molar-refractivity contribution in [3.05, 3.63) is 40.8 Å². The van der Waals surface area contributed by atoms with Gasteiger partial charge in [-0.25, -0.2) is 0 Å². The molecule has 0 spiro atoms. The second-order valence-corrected chi connectivity index (χ2v) is 6.73. The number of benzene rings is 1. The van der Waals surface area contributed by atoms with Gasteiger partial charge in [0.15, 0.2) is 5.17 Å². The summed E-state index contributed by atoms with van der Waals surface area (Å²) < 4.78 is 0. The first kappa shape index (κ1) is 15.2. The highest BCUT2D eigenvalue weighted by molar-refractivity contribution is 8.93. The molecule has 2 nitrogen and oxygen atoms in total. The Hall–Kier alpha value is -0.740. The van der Waals surface area contributed by atoms with E-state index in [1.54, 1.807) is 11.8 Å². The summed E-state index contributed by atoms with van der Waals surface area (Å²) in [7, 11) is 0. The quantitative estimate of drug-likeness (QED) is 0.731. The number of halogens is 1. The van der Waals surface area contributed by atoms with Crippen LogP contribution in [0.25, 0.3) is 5.70 Å². The minimum atomic E-state index is 0. The average molecular weight is 365 g/mol. The SMILES string of the molecule is Br.C1=C(c2ccc(C3CCCCC3)cc2)N2CCN=C2S1. The molecule has 0 amide bonds. The van der Waals surface area contributed by atoms with Crippen LogP contribution in [0.15, 0.2) is 34.7 Å². The third-order valence-electron chi connectivity index (χ3n) is 4.65. The van der Waals surface area contributed by atoms with E-state index in [4.69, 9.17) is 0 Å². The Morgan fingerprint density at radius 3 is 2.57 bits per heavy atom. The Morgan fingerprint density at radius 2 is 1.81 bits per heavy atom. The first-order chi connectivity index (χ1) is 9.92. The molecule has 0 aromatic heterocycles. The van der Waals surface area contributed by atoms with Crippen molar-refractivity contribution in [2.45, 2.75) is 38.0 Å². The zero-order valence-corrected chi connectivity index (χ0v) is 14.7. The topological polar surface area (TPSA) is 15.6 Å². The fourth-order valence-corrected chi connectivity index (χ4v) is 4.47. The van der Waals surface area contributed by atoms with Gasteiger partial charge >= 0.3 is 0 Å². The second-order valence-electron chi connectivity index (χ2n) is 5.89. The van der Waals surface area contributed by atoms with Crippen LogP contribution in [0.2, 0.25) is 0 Å². The van der Waals surface area contributed by atoms with Crippen LogP contribution in [0, 0.1) is 0 Å². The fraction of sp³-hybridized carbons (Fsp3) is 0.471. The third-order valence-corrected chi connectivity index (χ3v) is 5.55. The van der Waals surface area contributed by atoms with Gasteiger partial charge in [-0.15, -0.1) is 17.0 Å². The molecule has 0 saturated heterocycles. The Bertz CT molecular complexity index is 559. The minimum absolute atomic E-state index is 0. The van der Waals surface area contributed by atoms with Crippen molar-refractivity contribution in [3.63, 3.8) is 0 Å². The minimum Gasteiger partial charge on any atom is -0.318 e. The van der Waals surface area contributed by atoms with E-state index in [2.05, 4.69) is 39.6 Å². The molecule has 3 aliphatic rings. The third kappa shape index (κ3) is 2.93. The number of hydrogen-bond acceptors (Lipinski definition) is 3. The van der Waals surface area contributed by atoms with E-state index >= 15 is 0 Å². The van der Waals surface area contributed by atoms with Gasteiger partial charge in [0.2, 0.25) is 0 Å². The number of thioether (sulfide) groups is 1. The van der Waals surface area contributed by atoms with Crippen LogP contribution in [0.3, 0.4) is 0 Å². The second kappa shape index (κ2) is 6.57. The molecule has 4 heteroatoms. The summed E-state index contributed by atoms with van der Waals surface area (Å²) in [5.74, 6) is 0.800. The van der Waals surface area contributed by atoms with E-state index in [9.17, 15) is 0 Å². The highest BCUT2D eigenvalue weighted by Crippen LogP contribution is 2.37. The average Bonchev–Trinajstić information content (AvgIpc) is 3.11. The normalized spacial score (nSPS) is 21.6. The summed E-state index contributed by atoms with van der Waals surface area (Å²) in [5.41, 5.74) is 4.21. The molecule has 1 aromatic carbocycles. The van der Waals surface area contributed by atoms with E-state index < -0.39 is 0 Å². The van der Waals surface area contributed by atoms with Crippen LogP contribution in [0.5, 0.6) is 0 Å². The molecular weight excluding hydrogens is 344 g/mol. The maximum absolute atomic E-state index is 4.52. The van der Waals surface area contributed by atoms with Crippen molar-refractivity contribution in [3.8, 4) is 0 Å². The molecule has 0 radical (unpaired) electrons. The van der Waals surface area contributed by atoms with Gasteiger partial charge in [-0.3, -0.25) is 4.99 Å². The molecule has 2 aliphatic heterocycles. The molecule has 1 saturated carbocycles. The molecule has 0 atom stereocenters. The first-order valence-corrected chi connectivity index (χ1v) is 8.59. The summed E-state index contributed by atoms with van der Waals surface area (Å²) in [5, 5.41) is 3.42. The van der Waals surface area contributed by atoms with Gasteiger partial charge in [0.25, 0.3) is 0 Å². The largest absolute Gasteiger partial charge is 0.318 e. The Balaban J connectivity index is 0.00000132. The monoisotopic (exact) mass is 364 g/mol. The lowest BCUT2D eigenvalue weighted by atomic mass is 9.84. The summed E-state index contributed by atoms with van der Waals surface area (Å²) >= 11 is 1.76. The van der Waals surface area contributed by atoms with E-state index in [-0.39, 0.29) is 17.0 Å². The maximum atomic E-state index is 4.52. The predicted molar refractivity (Wildman–Crippen MR) is 97.2 cm³/mol. The predicted octanol–water partition coefficient (Wildman–Crippen LogP) is 5.03. The smallest absolute Gasteiger partial charge is 0.168 e. The van der Waals surface area contributed by atoms with Crippen molar-refractivity contribution in [2.75, 3.05) is 13.1 Å². The van der Waals surface area contributed by atoms with Crippen molar-refractivity contribution < 1.29 is 0 Å². The van der Waals surface area contributed by atoms with E-state index in [0.717, 1.165) is 19.0 Å². The van der Waals surface area contributed by atoms with Crippen LogP contribution in [-0.2, 0) is 0 Å². The summed E-state index contributed by atoms with van der Waals surface area (Å²) in [4.78, 5) is 6.87. The summed E-state index contributed by atoms with van der Waals surface area (Å²) in [6.07, 6.45) is 6.99. The van der Waals surface area contributed by atoms with Crippen LogP contribution in [0.4, 0.5) is 0 Å². The molecular formula is C17H21BrN2S. The van der Waals surface area contributed by atoms with Gasteiger partial charge in [0.1, 0.15) is 0 Å². The van der Waals surface area contributed by atoms with Gasteiger partial charge in [-0.2, -0.15) is 0 Å². The fourth-order valence-electron chi connectivity index (χ4n) is 3.51. The summed E-state index contributed by atoms with van der Waals surface area (Å²) in [6.45, 7) is 1.98. The molecule has 0 bridgehead atoms. The zero-order valence-electron chi connectivity index (χ0n) is 12.1. The van der Waals surface area contributed by atoms with Crippen LogP contribution in [0.1, 0.15) is 49.1 Å². The number of aliphatic imine (C=N–C) groups is 1. The van der Waals surface area contributed by atoms with Crippen molar-refractivity contribution in [2.24, 2.45) is 4.99 Å². The molecule has 1 aliphatic carbocycles. The van der Waals surface area contributed by atoms with Crippen molar-refractivity contribution in [1.29, 1.82) is 0 Å². The van der Waals surface area contributed by atoms with Crippen molar-refractivity contribution >= 4 is 39.6 Å². The molecule has 0 N–H and O–H groups in total. The number of hydrogen-bond donors (Lipinski definition) is 0. The van der Waals surface area contributed by atoms with Gasteiger partial charge < -0.3 is 4.90 Å². The molecule has 0 unspecified atom stereocenters. The van der Waals surface area contributed by atoms with Gasteiger partial charge in [-0.1, -0.05) is 55.3 Å². The first-order valence-electron chi connectivity index (χ1n) is 7.71. The maximum Gasteiger partial charge on any atom is 0.168 e. The van der Waals surface area contributed by atoms with Gasteiger partial charge in [0.05, 0.1) is 12.2 Å². The molecule has 2 heterocycles. The Labute approximate surface area is 141 Å². The van der Waals surface area contributed by atoms with Crippen LogP contribution < -0.4 is 0 Å². The number of nitrogens with zero attached hydrogens (tertiary/aromatic N) is 2. The molecule has 4 rings (SSSR count). The molecule has 1 fully saturated rings. The van der Waals surface area contributed by atoms with Crippen LogP contribution in [-0.4, -0.2) is 23.2 Å². The zero-order chi connectivity index (χ0) is 13.4. The van der Waals surface area contributed by atoms with E-state index in [1.165, 1.54) is 54.1 Å². The highest BCUT2D eigenvalue weighted by Gasteiger charge is 2.27. The van der Waals surface area contributed by atoms with Crippen LogP contribution >= 0.6 is 28.7 Å². The standard InChI is InChI=1S/C17H20N2S.BrH/c1-2-4-13(5-3-1)14-6-8-15(9-7-14)16-12-20-17-18-10-11-19(16)17;/h6-9,12-13H,1-5,10-11H2;1H. The van der Waals surface area contributed by atoms with Crippen molar-refractivity contribution in [1.82, 2.24) is 4.90 Å².